The SMILES string of the molecule is O=C(O)Cc1c(C(F)F)cc(C(F)(F)F)nc1CBr. The average molecular weight is 348 g/mol. The van der Waals surface area contributed by atoms with Crippen LogP contribution in [0, 0.1) is 0 Å². The van der Waals surface area contributed by atoms with Gasteiger partial charge in [-0.1, -0.05) is 15.9 Å². The normalized spacial score (nSPS) is 11.9. The average Bonchev–Trinajstić information content (AvgIpc) is 2.26. The van der Waals surface area contributed by atoms with Gasteiger partial charge >= 0.3 is 12.1 Å². The number of aliphatic carboxylic acids is 1. The zero-order valence-corrected chi connectivity index (χ0v) is 10.7. The molecule has 0 atom stereocenters. The van der Waals surface area contributed by atoms with Crippen molar-refractivity contribution in [1.29, 1.82) is 0 Å². The zero-order valence-electron chi connectivity index (χ0n) is 9.14. The van der Waals surface area contributed by atoms with Crippen molar-refractivity contribution in [3.05, 3.63) is 28.6 Å². The number of pyridine rings is 1. The Kier molecular flexibility index (Phi) is 4.83. The fraction of sp³-hybridized carbons (Fsp3) is 0.400. The van der Waals surface area contributed by atoms with Gasteiger partial charge in [-0.25, -0.2) is 13.8 Å². The lowest BCUT2D eigenvalue weighted by Gasteiger charge is -2.15. The number of aromatic nitrogens is 1. The molecule has 0 aliphatic rings. The zero-order chi connectivity index (χ0) is 14.8. The van der Waals surface area contributed by atoms with Crippen LogP contribution in [-0.4, -0.2) is 16.1 Å². The Morgan fingerprint density at radius 1 is 1.42 bits per heavy atom. The van der Waals surface area contributed by atoms with Crippen LogP contribution in [0.2, 0.25) is 0 Å². The third-order valence-corrected chi connectivity index (χ3v) is 2.76. The molecule has 0 radical (unpaired) electrons. The van der Waals surface area contributed by atoms with E-state index in [-0.39, 0.29) is 17.1 Å². The molecular weight excluding hydrogens is 341 g/mol. The second kappa shape index (κ2) is 5.81. The lowest BCUT2D eigenvalue weighted by molar-refractivity contribution is -0.141. The van der Waals surface area contributed by atoms with Crippen molar-refractivity contribution in [1.82, 2.24) is 4.98 Å². The summed E-state index contributed by atoms with van der Waals surface area (Å²) in [6.07, 6.45) is -8.90. The van der Waals surface area contributed by atoms with Crippen molar-refractivity contribution in [2.75, 3.05) is 0 Å². The fourth-order valence-corrected chi connectivity index (χ4v) is 1.92. The van der Waals surface area contributed by atoms with Gasteiger partial charge in [0.05, 0.1) is 12.1 Å². The molecule has 3 nitrogen and oxygen atoms in total. The molecule has 9 heteroatoms. The summed E-state index contributed by atoms with van der Waals surface area (Å²) in [5, 5.41) is 8.36. The molecule has 0 spiro atoms. The Morgan fingerprint density at radius 2 is 2.00 bits per heavy atom. The number of hydrogen-bond donors (Lipinski definition) is 1. The largest absolute Gasteiger partial charge is 0.481 e. The first-order valence-electron chi connectivity index (χ1n) is 4.82. The van der Waals surface area contributed by atoms with E-state index < -0.39 is 41.8 Å². The topological polar surface area (TPSA) is 50.2 Å². The molecule has 0 aromatic carbocycles. The maximum absolute atomic E-state index is 12.8. The van der Waals surface area contributed by atoms with Gasteiger partial charge in [0, 0.05) is 10.9 Å². The van der Waals surface area contributed by atoms with Gasteiger partial charge < -0.3 is 5.11 Å². The Labute approximate surface area is 112 Å². The Bertz CT molecular complexity index is 490. The van der Waals surface area contributed by atoms with Crippen LogP contribution in [0.15, 0.2) is 6.07 Å². The fourth-order valence-electron chi connectivity index (χ4n) is 1.45. The summed E-state index contributed by atoms with van der Waals surface area (Å²) >= 11 is 2.81. The van der Waals surface area contributed by atoms with E-state index in [4.69, 9.17) is 5.11 Å². The molecular formula is C10H7BrF5NO2. The highest BCUT2D eigenvalue weighted by Crippen LogP contribution is 2.34. The van der Waals surface area contributed by atoms with Gasteiger partial charge in [-0.2, -0.15) is 13.2 Å². The molecule has 0 amide bonds. The molecule has 1 aromatic heterocycles. The molecule has 1 aromatic rings. The minimum Gasteiger partial charge on any atom is -0.481 e. The van der Waals surface area contributed by atoms with Crippen LogP contribution in [0.1, 0.15) is 28.9 Å². The van der Waals surface area contributed by atoms with Crippen molar-refractivity contribution < 1.29 is 31.9 Å². The Hall–Kier alpha value is -1.25. The lowest BCUT2D eigenvalue weighted by Crippen LogP contribution is -2.15. The minimum absolute atomic E-state index is 0.190. The van der Waals surface area contributed by atoms with E-state index in [0.29, 0.717) is 0 Å². The van der Waals surface area contributed by atoms with Crippen LogP contribution in [0.4, 0.5) is 22.0 Å². The first kappa shape index (κ1) is 15.8. The van der Waals surface area contributed by atoms with Crippen LogP contribution in [0.25, 0.3) is 0 Å². The van der Waals surface area contributed by atoms with Gasteiger partial charge in [0.1, 0.15) is 5.69 Å². The maximum atomic E-state index is 12.8. The lowest BCUT2D eigenvalue weighted by atomic mass is 10.0. The number of alkyl halides is 6. The predicted octanol–water partition coefficient (Wildman–Crippen LogP) is 3.56. The van der Waals surface area contributed by atoms with Gasteiger partial charge in [-0.15, -0.1) is 0 Å². The predicted molar refractivity (Wildman–Crippen MR) is 58.2 cm³/mol. The smallest absolute Gasteiger partial charge is 0.433 e. The molecule has 0 fully saturated rings. The summed E-state index contributed by atoms with van der Waals surface area (Å²) in [5.74, 6) is -1.43. The molecule has 0 saturated carbocycles. The molecule has 1 rings (SSSR count). The van der Waals surface area contributed by atoms with Crippen molar-refractivity contribution in [3.8, 4) is 0 Å². The summed E-state index contributed by atoms with van der Waals surface area (Å²) in [6.45, 7) is 0. The first-order valence-corrected chi connectivity index (χ1v) is 5.94. The Morgan fingerprint density at radius 3 is 2.37 bits per heavy atom. The monoisotopic (exact) mass is 347 g/mol. The maximum Gasteiger partial charge on any atom is 0.433 e. The van der Waals surface area contributed by atoms with E-state index in [1.54, 1.807) is 0 Å². The molecule has 1 heterocycles. The molecule has 0 bridgehead atoms. The quantitative estimate of drug-likeness (QED) is 0.669. The number of nitrogens with zero attached hydrogens (tertiary/aromatic N) is 1. The van der Waals surface area contributed by atoms with Crippen LogP contribution in [0.5, 0.6) is 0 Å². The van der Waals surface area contributed by atoms with E-state index >= 15 is 0 Å². The minimum atomic E-state index is -4.87. The molecule has 0 saturated heterocycles. The standard InChI is InChI=1S/C10H7BrF5NO2/c11-3-6-4(2-8(18)19)5(9(12)13)1-7(17-6)10(14,15)16/h1,9H,2-3H2,(H,18,19). The summed E-state index contributed by atoms with van der Waals surface area (Å²) in [7, 11) is 0. The molecule has 106 valence electrons. The number of carboxylic acid groups (broad SMARTS) is 1. The van der Waals surface area contributed by atoms with Crippen molar-refractivity contribution >= 4 is 21.9 Å². The molecule has 0 aliphatic heterocycles. The number of rotatable bonds is 4. The molecule has 0 unspecified atom stereocenters. The highest BCUT2D eigenvalue weighted by molar-refractivity contribution is 9.08. The van der Waals surface area contributed by atoms with E-state index in [1.807, 2.05) is 0 Å². The number of carboxylic acids is 1. The first-order chi connectivity index (χ1) is 8.66. The molecule has 0 aliphatic carbocycles. The van der Waals surface area contributed by atoms with Gasteiger partial charge in [-0.3, -0.25) is 4.79 Å². The van der Waals surface area contributed by atoms with Crippen molar-refractivity contribution in [2.45, 2.75) is 24.4 Å². The van der Waals surface area contributed by atoms with Gasteiger partial charge in [-0.05, 0) is 11.6 Å². The van der Waals surface area contributed by atoms with Crippen LogP contribution < -0.4 is 0 Å². The highest BCUT2D eigenvalue weighted by Gasteiger charge is 2.35. The van der Waals surface area contributed by atoms with E-state index in [1.165, 1.54) is 0 Å². The van der Waals surface area contributed by atoms with Crippen molar-refractivity contribution in [2.24, 2.45) is 0 Å². The van der Waals surface area contributed by atoms with E-state index in [0.717, 1.165) is 0 Å². The third-order valence-electron chi connectivity index (χ3n) is 2.22. The number of carbonyl (C=O) groups is 1. The second-order valence-corrected chi connectivity index (χ2v) is 4.09. The summed E-state index contributed by atoms with van der Waals surface area (Å²) in [5.41, 5.74) is -3.18. The van der Waals surface area contributed by atoms with E-state index in [2.05, 4.69) is 20.9 Å². The third kappa shape index (κ3) is 3.85. The van der Waals surface area contributed by atoms with E-state index in [9.17, 15) is 26.7 Å². The van der Waals surface area contributed by atoms with Crippen LogP contribution in [-0.2, 0) is 22.7 Å². The summed E-state index contributed by atoms with van der Waals surface area (Å²) < 4.78 is 63.0. The van der Waals surface area contributed by atoms with Crippen LogP contribution in [0.3, 0.4) is 0 Å². The van der Waals surface area contributed by atoms with Crippen molar-refractivity contribution in [3.63, 3.8) is 0 Å². The summed E-state index contributed by atoms with van der Waals surface area (Å²) in [4.78, 5) is 13.8. The molecule has 1 N–H and O–H groups in total. The van der Waals surface area contributed by atoms with Gasteiger partial charge in [0.15, 0.2) is 0 Å². The summed E-state index contributed by atoms with van der Waals surface area (Å²) in [6, 6.07) is 0.190. The second-order valence-electron chi connectivity index (χ2n) is 3.52. The molecule has 19 heavy (non-hydrogen) atoms. The van der Waals surface area contributed by atoms with Crippen LogP contribution >= 0.6 is 15.9 Å². The number of hydrogen-bond acceptors (Lipinski definition) is 2. The number of halogens is 6. The van der Waals surface area contributed by atoms with Gasteiger partial charge in [0.2, 0.25) is 0 Å². The Balaban J connectivity index is 3.49. The van der Waals surface area contributed by atoms with Gasteiger partial charge in [0.25, 0.3) is 6.43 Å². The highest BCUT2D eigenvalue weighted by atomic mass is 79.9.